The van der Waals surface area contributed by atoms with Gasteiger partial charge in [-0.3, -0.25) is 9.59 Å². The van der Waals surface area contributed by atoms with Crippen LogP contribution in [-0.2, 0) is 23.9 Å². The number of thioether (sulfide) groups is 1. The minimum Gasteiger partial charge on any atom is -0.497 e. The average molecular weight is 536 g/mol. The highest BCUT2D eigenvalue weighted by Crippen LogP contribution is 2.48. The third kappa shape index (κ3) is 5.23. The van der Waals surface area contributed by atoms with Gasteiger partial charge in [0.2, 0.25) is 0 Å². The minimum absolute atomic E-state index is 0.157. The number of ketones is 1. The number of nitrogens with one attached hydrogen (secondary N) is 1. The minimum atomic E-state index is -1.06. The summed E-state index contributed by atoms with van der Waals surface area (Å²) in [6, 6.07) is 15.2. The fourth-order valence-corrected chi connectivity index (χ4v) is 5.74. The number of ether oxygens (including phenoxy) is 3. The molecule has 8 heteroatoms. The Kier molecular flexibility index (Phi) is 8.62. The van der Waals surface area contributed by atoms with Crippen LogP contribution in [0.2, 0.25) is 0 Å². The van der Waals surface area contributed by atoms with Crippen LogP contribution in [0.1, 0.15) is 50.2 Å². The van der Waals surface area contributed by atoms with Gasteiger partial charge in [-0.05, 0) is 68.8 Å². The van der Waals surface area contributed by atoms with Gasteiger partial charge in [0.1, 0.15) is 11.7 Å². The van der Waals surface area contributed by atoms with E-state index in [1.165, 1.54) is 0 Å². The summed E-state index contributed by atoms with van der Waals surface area (Å²) in [6.07, 6.45) is 2.38. The van der Waals surface area contributed by atoms with E-state index in [1.807, 2.05) is 61.7 Å². The van der Waals surface area contributed by atoms with Crippen molar-refractivity contribution in [2.75, 3.05) is 26.6 Å². The van der Waals surface area contributed by atoms with Crippen LogP contribution in [0, 0.1) is 5.92 Å². The zero-order chi connectivity index (χ0) is 27.4. The van der Waals surface area contributed by atoms with Crippen LogP contribution >= 0.6 is 11.8 Å². The van der Waals surface area contributed by atoms with Crippen molar-refractivity contribution in [3.63, 3.8) is 0 Å². The summed E-state index contributed by atoms with van der Waals surface area (Å²) in [5.74, 6) is -2.95. The van der Waals surface area contributed by atoms with Crippen LogP contribution in [0.4, 0.5) is 0 Å². The second kappa shape index (κ2) is 11.9. The molecule has 0 fully saturated rings. The number of esters is 2. The first-order valence-electron chi connectivity index (χ1n) is 12.7. The molecule has 0 saturated heterocycles. The zero-order valence-corrected chi connectivity index (χ0v) is 23.1. The van der Waals surface area contributed by atoms with Crippen molar-refractivity contribution in [1.82, 2.24) is 5.32 Å². The molecule has 38 heavy (non-hydrogen) atoms. The van der Waals surface area contributed by atoms with Crippen LogP contribution in [0.15, 0.2) is 76.0 Å². The highest BCUT2D eigenvalue weighted by molar-refractivity contribution is 7.98. The number of Topliss-reactive ketones (excluding diaryl/α,β-unsaturated/α-hetero) is 1. The topological polar surface area (TPSA) is 90.9 Å². The number of rotatable bonds is 8. The third-order valence-corrected chi connectivity index (χ3v) is 7.77. The number of benzene rings is 2. The molecule has 0 radical (unpaired) electrons. The maximum absolute atomic E-state index is 14.3. The van der Waals surface area contributed by atoms with Crippen LogP contribution in [0.5, 0.6) is 5.75 Å². The summed E-state index contributed by atoms with van der Waals surface area (Å²) in [7, 11) is 1.58. The highest BCUT2D eigenvalue weighted by Gasteiger charge is 2.49. The second-order valence-corrected chi connectivity index (χ2v) is 10.0. The number of carbonyl (C=O) groups is 3. The smallest absolute Gasteiger partial charge is 0.336 e. The highest BCUT2D eigenvalue weighted by atomic mass is 32.2. The first-order valence-corrected chi connectivity index (χ1v) is 13.9. The largest absolute Gasteiger partial charge is 0.497 e. The molecule has 1 N–H and O–H groups in total. The summed E-state index contributed by atoms with van der Waals surface area (Å²) < 4.78 is 16.2. The molecule has 7 nitrogen and oxygen atoms in total. The molecule has 1 aliphatic heterocycles. The van der Waals surface area contributed by atoms with Gasteiger partial charge in [0, 0.05) is 33.7 Å². The molecule has 3 unspecified atom stereocenters. The Balaban J connectivity index is 1.89. The van der Waals surface area contributed by atoms with E-state index in [2.05, 4.69) is 5.32 Å². The van der Waals surface area contributed by atoms with E-state index < -0.39 is 29.7 Å². The lowest BCUT2D eigenvalue weighted by molar-refractivity contribution is -0.152. The summed E-state index contributed by atoms with van der Waals surface area (Å²) in [5.41, 5.74) is 3.71. The Morgan fingerprint density at radius 2 is 1.74 bits per heavy atom. The Hall–Kier alpha value is -3.52. The maximum Gasteiger partial charge on any atom is 0.336 e. The van der Waals surface area contributed by atoms with Crippen molar-refractivity contribution in [3.8, 4) is 5.75 Å². The Bertz CT molecular complexity index is 1300. The Labute approximate surface area is 227 Å². The Morgan fingerprint density at radius 1 is 1.03 bits per heavy atom. The number of allylic oxidation sites excluding steroid dienone is 3. The van der Waals surface area contributed by atoms with Gasteiger partial charge in [-0.15, -0.1) is 11.8 Å². The second-order valence-electron chi connectivity index (χ2n) is 9.16. The standard InChI is InChI=1S/C30H33NO6S/c1-6-36-29(33)24-17(3)31-23-16-22(19-9-8-10-20(15-19)35-4)26(30(34)37-7-2)28(32)27(23)25(24)18-11-13-21(38-5)14-12-18/h8-15,22,25-26,31H,6-7,16H2,1-5H3. The van der Waals surface area contributed by atoms with Gasteiger partial charge in [-0.2, -0.15) is 0 Å². The molecule has 4 rings (SSSR count). The molecule has 2 aliphatic rings. The molecule has 0 amide bonds. The molecule has 3 atom stereocenters. The van der Waals surface area contributed by atoms with Crippen molar-refractivity contribution in [2.24, 2.45) is 5.92 Å². The van der Waals surface area contributed by atoms with Gasteiger partial charge in [-0.1, -0.05) is 24.3 Å². The summed E-state index contributed by atoms with van der Waals surface area (Å²) in [5, 5.41) is 3.33. The van der Waals surface area contributed by atoms with E-state index in [9.17, 15) is 14.4 Å². The molecule has 0 saturated carbocycles. The molecule has 0 aromatic heterocycles. The molecular weight excluding hydrogens is 502 g/mol. The lowest BCUT2D eigenvalue weighted by Gasteiger charge is -2.39. The van der Waals surface area contributed by atoms with E-state index in [1.54, 1.807) is 32.7 Å². The van der Waals surface area contributed by atoms with Gasteiger partial charge in [0.15, 0.2) is 5.78 Å². The number of methoxy groups -OCH3 is 1. The fourth-order valence-electron chi connectivity index (χ4n) is 5.33. The number of hydrogen-bond donors (Lipinski definition) is 1. The first kappa shape index (κ1) is 27.5. The Morgan fingerprint density at radius 3 is 2.37 bits per heavy atom. The van der Waals surface area contributed by atoms with Crippen LogP contribution in [0.3, 0.4) is 0 Å². The summed E-state index contributed by atoms with van der Waals surface area (Å²) in [4.78, 5) is 41.9. The van der Waals surface area contributed by atoms with E-state index in [0.29, 0.717) is 34.7 Å². The molecule has 2 aromatic rings. The van der Waals surface area contributed by atoms with Crippen molar-refractivity contribution in [1.29, 1.82) is 0 Å². The monoisotopic (exact) mass is 535 g/mol. The third-order valence-electron chi connectivity index (χ3n) is 7.03. The fraction of sp³-hybridized carbons (Fsp3) is 0.367. The molecule has 200 valence electrons. The lowest BCUT2D eigenvalue weighted by atomic mass is 9.67. The van der Waals surface area contributed by atoms with Gasteiger partial charge < -0.3 is 19.5 Å². The quantitative estimate of drug-likeness (QED) is 0.283. The van der Waals surface area contributed by atoms with Crippen LogP contribution < -0.4 is 10.1 Å². The first-order chi connectivity index (χ1) is 18.3. The van der Waals surface area contributed by atoms with Gasteiger partial charge in [-0.25, -0.2) is 4.79 Å². The molecule has 1 heterocycles. The molecule has 0 spiro atoms. The van der Waals surface area contributed by atoms with Crippen molar-refractivity contribution < 1.29 is 28.6 Å². The van der Waals surface area contributed by atoms with E-state index in [-0.39, 0.29) is 19.0 Å². The predicted molar refractivity (Wildman–Crippen MR) is 146 cm³/mol. The number of carbonyl (C=O) groups excluding carboxylic acids is 3. The SMILES string of the molecule is CCOC(=O)C1=C(C)NC2=C(C(=O)C(C(=O)OCC)C(c3cccc(OC)c3)C2)C1c1ccc(SC)cc1. The summed E-state index contributed by atoms with van der Waals surface area (Å²) >= 11 is 1.61. The normalized spacial score (nSPS) is 21.0. The summed E-state index contributed by atoms with van der Waals surface area (Å²) in [6.45, 7) is 5.65. The predicted octanol–water partition coefficient (Wildman–Crippen LogP) is 5.13. The van der Waals surface area contributed by atoms with Gasteiger partial charge >= 0.3 is 11.9 Å². The van der Waals surface area contributed by atoms with E-state index in [4.69, 9.17) is 14.2 Å². The zero-order valence-electron chi connectivity index (χ0n) is 22.3. The van der Waals surface area contributed by atoms with Crippen molar-refractivity contribution >= 4 is 29.5 Å². The maximum atomic E-state index is 14.3. The average Bonchev–Trinajstić information content (AvgIpc) is 2.92. The van der Waals surface area contributed by atoms with E-state index in [0.717, 1.165) is 16.0 Å². The van der Waals surface area contributed by atoms with Gasteiger partial charge in [0.25, 0.3) is 0 Å². The van der Waals surface area contributed by atoms with Gasteiger partial charge in [0.05, 0.1) is 25.9 Å². The number of hydrogen-bond acceptors (Lipinski definition) is 8. The van der Waals surface area contributed by atoms with Crippen LogP contribution in [0.25, 0.3) is 0 Å². The lowest BCUT2D eigenvalue weighted by Crippen LogP contribution is -2.43. The van der Waals surface area contributed by atoms with E-state index >= 15 is 0 Å². The molecular formula is C30H33NO6S. The molecule has 0 bridgehead atoms. The number of dihydropyridines is 1. The molecule has 1 aliphatic carbocycles. The molecule has 2 aromatic carbocycles. The van der Waals surface area contributed by atoms with Crippen molar-refractivity contribution in [3.05, 3.63) is 82.2 Å². The van der Waals surface area contributed by atoms with Crippen LogP contribution in [-0.4, -0.2) is 44.3 Å². The van der Waals surface area contributed by atoms with Crippen molar-refractivity contribution in [2.45, 2.75) is 43.9 Å².